The Hall–Kier alpha value is -2.80. The second kappa shape index (κ2) is 6.01. The highest BCUT2D eigenvalue weighted by Crippen LogP contribution is 2.32. The van der Waals surface area contributed by atoms with Gasteiger partial charge in [-0.25, -0.2) is 4.39 Å². The lowest BCUT2D eigenvalue weighted by molar-refractivity contribution is 0.629. The number of nitrogens with one attached hydrogen (secondary N) is 2. The van der Waals surface area contributed by atoms with E-state index in [0.717, 1.165) is 27.2 Å². The monoisotopic (exact) mass is 339 g/mol. The van der Waals surface area contributed by atoms with Gasteiger partial charge < -0.3 is 10.3 Å². The Morgan fingerprint density at radius 1 is 1.21 bits per heavy atom. The zero-order valence-electron chi connectivity index (χ0n) is 12.8. The summed E-state index contributed by atoms with van der Waals surface area (Å²) in [5, 5.41) is 13.9. The number of H-pyrrole nitrogens is 1. The Labute approximate surface area is 141 Å². The van der Waals surface area contributed by atoms with E-state index in [1.807, 2.05) is 31.3 Å². The zero-order valence-corrected chi connectivity index (χ0v) is 13.6. The van der Waals surface area contributed by atoms with Gasteiger partial charge in [-0.15, -0.1) is 10.2 Å². The predicted molar refractivity (Wildman–Crippen MR) is 92.6 cm³/mol. The van der Waals surface area contributed by atoms with E-state index in [1.54, 1.807) is 12.3 Å². The molecule has 0 aliphatic heterocycles. The molecule has 1 unspecified atom stereocenters. The van der Waals surface area contributed by atoms with Gasteiger partial charge in [-0.3, -0.25) is 4.98 Å². The normalized spacial score (nSPS) is 12.4. The van der Waals surface area contributed by atoms with E-state index in [1.165, 1.54) is 23.5 Å². The molecule has 1 atom stereocenters. The molecule has 0 radical (unpaired) electrons. The molecule has 0 saturated heterocycles. The molecular weight excluding hydrogens is 325 g/mol. The summed E-state index contributed by atoms with van der Waals surface area (Å²) in [6.45, 7) is 1.90. The first kappa shape index (κ1) is 14.8. The van der Waals surface area contributed by atoms with Crippen molar-refractivity contribution in [3.63, 3.8) is 0 Å². The van der Waals surface area contributed by atoms with Gasteiger partial charge in [-0.2, -0.15) is 0 Å². The average Bonchev–Trinajstić information content (AvgIpc) is 3.19. The van der Waals surface area contributed by atoms with Gasteiger partial charge in [0.25, 0.3) is 0 Å². The van der Waals surface area contributed by atoms with Crippen molar-refractivity contribution >= 4 is 27.4 Å². The molecule has 3 heterocycles. The van der Waals surface area contributed by atoms with Crippen molar-refractivity contribution in [2.75, 3.05) is 5.32 Å². The van der Waals surface area contributed by atoms with Crippen LogP contribution in [0.1, 0.15) is 22.3 Å². The van der Waals surface area contributed by atoms with E-state index in [-0.39, 0.29) is 11.9 Å². The molecule has 0 aliphatic rings. The molecule has 0 amide bonds. The lowest BCUT2D eigenvalue weighted by atomic mass is 10.0. The number of anilines is 1. The minimum absolute atomic E-state index is 0.255. The van der Waals surface area contributed by atoms with Gasteiger partial charge in [0.1, 0.15) is 10.8 Å². The Bertz CT molecular complexity index is 979. The first-order chi connectivity index (χ1) is 11.7. The van der Waals surface area contributed by atoms with Gasteiger partial charge in [-0.1, -0.05) is 17.4 Å². The van der Waals surface area contributed by atoms with Crippen molar-refractivity contribution in [2.24, 2.45) is 0 Å². The molecule has 4 aromatic rings. The van der Waals surface area contributed by atoms with Gasteiger partial charge in [0, 0.05) is 28.9 Å². The maximum Gasteiger partial charge on any atom is 0.206 e. The number of aromatic amines is 1. The quantitative estimate of drug-likeness (QED) is 0.588. The highest BCUT2D eigenvalue weighted by Gasteiger charge is 2.21. The third-order valence-corrected chi connectivity index (χ3v) is 4.53. The maximum absolute atomic E-state index is 13.7. The van der Waals surface area contributed by atoms with Crippen molar-refractivity contribution in [2.45, 2.75) is 13.0 Å². The number of pyridine rings is 1. The fraction of sp³-hybridized carbons (Fsp3) is 0.118. The minimum atomic E-state index is -0.269. The number of benzene rings is 1. The number of hydrogen-bond donors (Lipinski definition) is 2. The summed E-state index contributed by atoms with van der Waals surface area (Å²) in [6.07, 6.45) is 3.62. The van der Waals surface area contributed by atoms with Crippen molar-refractivity contribution in [1.29, 1.82) is 0 Å². The Morgan fingerprint density at radius 3 is 2.88 bits per heavy atom. The van der Waals surface area contributed by atoms with Crippen molar-refractivity contribution < 1.29 is 4.39 Å². The van der Waals surface area contributed by atoms with Crippen LogP contribution in [-0.4, -0.2) is 20.2 Å². The maximum atomic E-state index is 13.7. The third-order valence-electron chi connectivity index (χ3n) is 3.76. The lowest BCUT2D eigenvalue weighted by Crippen LogP contribution is -2.13. The molecule has 0 spiro atoms. The second-order valence-corrected chi connectivity index (χ2v) is 6.57. The minimum Gasteiger partial charge on any atom is -0.361 e. The zero-order chi connectivity index (χ0) is 16.5. The summed E-state index contributed by atoms with van der Waals surface area (Å²) < 4.78 is 13.7. The SMILES string of the molecule is Cc1nnc(NC(c2ccccn2)c2c[nH]c3ccc(F)cc23)s1. The van der Waals surface area contributed by atoms with Crippen LogP contribution in [0.15, 0.2) is 48.8 Å². The number of fused-ring (bicyclic) bond motifs is 1. The van der Waals surface area contributed by atoms with Gasteiger partial charge >= 0.3 is 0 Å². The molecule has 0 bridgehead atoms. The summed E-state index contributed by atoms with van der Waals surface area (Å²) in [6, 6.07) is 10.2. The fourth-order valence-corrected chi connectivity index (χ4v) is 3.31. The molecule has 5 nitrogen and oxygen atoms in total. The largest absolute Gasteiger partial charge is 0.361 e. The van der Waals surface area contributed by atoms with Crippen LogP contribution in [0.25, 0.3) is 10.9 Å². The number of nitrogens with zero attached hydrogens (tertiary/aromatic N) is 3. The van der Waals surface area contributed by atoms with Crippen LogP contribution in [0.4, 0.5) is 9.52 Å². The van der Waals surface area contributed by atoms with Crippen LogP contribution in [0.3, 0.4) is 0 Å². The van der Waals surface area contributed by atoms with Crippen molar-refractivity contribution in [3.8, 4) is 0 Å². The smallest absolute Gasteiger partial charge is 0.206 e. The van der Waals surface area contributed by atoms with Gasteiger partial charge in [-0.05, 0) is 37.3 Å². The van der Waals surface area contributed by atoms with Crippen molar-refractivity contribution in [1.82, 2.24) is 20.2 Å². The van der Waals surface area contributed by atoms with E-state index >= 15 is 0 Å². The van der Waals surface area contributed by atoms with E-state index in [4.69, 9.17) is 0 Å². The summed E-state index contributed by atoms with van der Waals surface area (Å²) >= 11 is 1.47. The molecule has 7 heteroatoms. The van der Waals surface area contributed by atoms with E-state index in [9.17, 15) is 4.39 Å². The van der Waals surface area contributed by atoms with E-state index in [0.29, 0.717) is 5.13 Å². The molecule has 120 valence electrons. The first-order valence-corrected chi connectivity index (χ1v) is 8.26. The van der Waals surface area contributed by atoms with E-state index < -0.39 is 0 Å². The van der Waals surface area contributed by atoms with Crippen LogP contribution < -0.4 is 5.32 Å². The topological polar surface area (TPSA) is 66.5 Å². The molecule has 0 saturated carbocycles. The molecular formula is C17H14FN5S. The summed E-state index contributed by atoms with van der Waals surface area (Å²) in [7, 11) is 0. The summed E-state index contributed by atoms with van der Waals surface area (Å²) in [5.74, 6) is -0.269. The van der Waals surface area contributed by atoms with Crippen LogP contribution in [0.2, 0.25) is 0 Å². The number of aryl methyl sites for hydroxylation is 1. The number of rotatable bonds is 4. The van der Waals surface area contributed by atoms with Crippen LogP contribution in [-0.2, 0) is 0 Å². The lowest BCUT2D eigenvalue weighted by Gasteiger charge is -2.17. The molecule has 3 aromatic heterocycles. The molecule has 2 N–H and O–H groups in total. The van der Waals surface area contributed by atoms with Crippen LogP contribution >= 0.6 is 11.3 Å². The molecule has 0 fully saturated rings. The summed E-state index contributed by atoms with van der Waals surface area (Å²) in [4.78, 5) is 7.64. The molecule has 4 rings (SSSR count). The van der Waals surface area contributed by atoms with E-state index in [2.05, 4.69) is 25.5 Å². The number of aromatic nitrogens is 4. The Morgan fingerprint density at radius 2 is 2.12 bits per heavy atom. The van der Waals surface area contributed by atoms with Crippen molar-refractivity contribution in [3.05, 3.63) is 70.9 Å². The predicted octanol–water partition coefficient (Wildman–Crippen LogP) is 4.06. The number of hydrogen-bond acceptors (Lipinski definition) is 5. The van der Waals surface area contributed by atoms with Gasteiger partial charge in [0.15, 0.2) is 0 Å². The summed E-state index contributed by atoms with van der Waals surface area (Å²) in [5.41, 5.74) is 2.62. The molecule has 1 aromatic carbocycles. The van der Waals surface area contributed by atoms with Crippen LogP contribution in [0, 0.1) is 12.7 Å². The Balaban J connectivity index is 1.83. The standard InChI is InChI=1S/C17H14FN5S/c1-10-22-23-17(24-10)21-16(15-4-2-3-7-19-15)13-9-20-14-6-5-11(18)8-12(13)14/h2-9,16,20H,1H3,(H,21,23). The average molecular weight is 339 g/mol. The third kappa shape index (κ3) is 2.74. The van der Waals surface area contributed by atoms with Gasteiger partial charge in [0.2, 0.25) is 5.13 Å². The van der Waals surface area contributed by atoms with Gasteiger partial charge in [0.05, 0.1) is 11.7 Å². The highest BCUT2D eigenvalue weighted by molar-refractivity contribution is 7.15. The molecule has 24 heavy (non-hydrogen) atoms. The number of halogens is 1. The second-order valence-electron chi connectivity index (χ2n) is 5.39. The first-order valence-electron chi connectivity index (χ1n) is 7.45. The highest BCUT2D eigenvalue weighted by atomic mass is 32.1. The Kier molecular flexibility index (Phi) is 3.70. The fourth-order valence-electron chi connectivity index (χ4n) is 2.69. The van der Waals surface area contributed by atoms with Crippen LogP contribution in [0.5, 0.6) is 0 Å². The molecule has 0 aliphatic carbocycles.